The molecule has 2 aromatic carbocycles. The molecule has 2 rings (SSSR count). The van der Waals surface area contributed by atoms with E-state index >= 15 is 0 Å². The molecule has 0 aliphatic rings. The van der Waals surface area contributed by atoms with E-state index in [1.165, 1.54) is 18.2 Å². The molecule has 4 nitrogen and oxygen atoms in total. The van der Waals surface area contributed by atoms with Gasteiger partial charge in [0.15, 0.2) is 11.5 Å². The largest absolute Gasteiger partial charge is 0.493 e. The van der Waals surface area contributed by atoms with Crippen molar-refractivity contribution in [3.8, 4) is 11.5 Å². The minimum Gasteiger partial charge on any atom is -0.493 e. The summed E-state index contributed by atoms with van der Waals surface area (Å²) in [4.78, 5) is 0. The number of methoxy groups -OCH3 is 1. The second-order valence-corrected chi connectivity index (χ2v) is 4.67. The molecule has 110 valence electrons. The van der Waals surface area contributed by atoms with Crippen molar-refractivity contribution in [3.63, 3.8) is 0 Å². The van der Waals surface area contributed by atoms with Crippen molar-refractivity contribution >= 4 is 12.6 Å². The zero-order chi connectivity index (χ0) is 15.4. The lowest BCUT2D eigenvalue weighted by atomic mass is 9.79. The van der Waals surface area contributed by atoms with Crippen LogP contribution >= 0.6 is 0 Å². The van der Waals surface area contributed by atoms with E-state index in [0.29, 0.717) is 17.1 Å². The zero-order valence-electron chi connectivity index (χ0n) is 11.8. The Labute approximate surface area is 122 Å². The minimum absolute atomic E-state index is 0.166. The summed E-state index contributed by atoms with van der Waals surface area (Å²) in [7, 11) is -0.293. The molecular weight excluding hydrogens is 274 g/mol. The van der Waals surface area contributed by atoms with Crippen LogP contribution in [0, 0.1) is 12.7 Å². The van der Waals surface area contributed by atoms with E-state index in [1.807, 2.05) is 19.1 Å². The maximum Gasteiger partial charge on any atom is 0.491 e. The molecule has 6 heteroatoms. The number of hydrogen-bond acceptors (Lipinski definition) is 4. The van der Waals surface area contributed by atoms with Crippen molar-refractivity contribution in [2.24, 2.45) is 0 Å². The van der Waals surface area contributed by atoms with E-state index in [9.17, 15) is 4.39 Å². The molecule has 0 radical (unpaired) electrons. The zero-order valence-corrected chi connectivity index (χ0v) is 11.8. The third-order valence-electron chi connectivity index (χ3n) is 3.05. The molecule has 0 amide bonds. The Balaban J connectivity index is 2.15. The Hall–Kier alpha value is -2.05. The molecule has 0 fully saturated rings. The van der Waals surface area contributed by atoms with Crippen LogP contribution in [0.4, 0.5) is 4.39 Å². The average Bonchev–Trinajstić information content (AvgIpc) is 2.46. The van der Waals surface area contributed by atoms with Gasteiger partial charge in [-0.3, -0.25) is 0 Å². The van der Waals surface area contributed by atoms with Crippen LogP contribution in [0.3, 0.4) is 0 Å². The van der Waals surface area contributed by atoms with Gasteiger partial charge in [0, 0.05) is 5.46 Å². The van der Waals surface area contributed by atoms with Gasteiger partial charge in [0.1, 0.15) is 12.4 Å². The number of aryl methyl sites for hydroxylation is 1. The molecule has 0 atom stereocenters. The summed E-state index contributed by atoms with van der Waals surface area (Å²) in [5.41, 5.74) is 1.50. The van der Waals surface area contributed by atoms with Gasteiger partial charge in [-0.25, -0.2) is 4.39 Å². The fraction of sp³-hybridized carbons (Fsp3) is 0.200. The number of halogens is 1. The fourth-order valence-electron chi connectivity index (χ4n) is 1.94. The number of rotatable bonds is 5. The van der Waals surface area contributed by atoms with Gasteiger partial charge >= 0.3 is 7.12 Å². The first-order valence-electron chi connectivity index (χ1n) is 6.43. The highest BCUT2D eigenvalue weighted by molar-refractivity contribution is 6.58. The molecule has 0 saturated carbocycles. The van der Waals surface area contributed by atoms with E-state index in [0.717, 1.165) is 5.56 Å². The van der Waals surface area contributed by atoms with Gasteiger partial charge in [-0.2, -0.15) is 0 Å². The third-order valence-corrected chi connectivity index (χ3v) is 3.05. The molecule has 0 aliphatic carbocycles. The molecule has 0 unspecified atom stereocenters. The smallest absolute Gasteiger partial charge is 0.491 e. The maximum atomic E-state index is 13.4. The second-order valence-electron chi connectivity index (χ2n) is 4.67. The number of benzene rings is 2. The van der Waals surface area contributed by atoms with Crippen LogP contribution in [0.2, 0.25) is 0 Å². The first kappa shape index (κ1) is 15.3. The summed E-state index contributed by atoms with van der Waals surface area (Å²) in [6.45, 7) is 2.11. The first-order valence-corrected chi connectivity index (χ1v) is 6.43. The van der Waals surface area contributed by atoms with Crippen LogP contribution < -0.4 is 14.9 Å². The Morgan fingerprint density at radius 3 is 2.52 bits per heavy atom. The highest BCUT2D eigenvalue weighted by Gasteiger charge is 2.17. The van der Waals surface area contributed by atoms with Gasteiger partial charge in [-0.1, -0.05) is 18.2 Å². The summed E-state index contributed by atoms with van der Waals surface area (Å²) in [6, 6.07) is 9.61. The van der Waals surface area contributed by atoms with Crippen LogP contribution in [0.5, 0.6) is 11.5 Å². The Morgan fingerprint density at radius 2 is 1.86 bits per heavy atom. The van der Waals surface area contributed by atoms with Gasteiger partial charge in [-0.15, -0.1) is 0 Å². The number of ether oxygens (including phenoxy) is 2. The molecule has 0 bridgehead atoms. The molecule has 0 heterocycles. The van der Waals surface area contributed by atoms with Crippen LogP contribution in [0.1, 0.15) is 11.1 Å². The molecule has 2 N–H and O–H groups in total. The van der Waals surface area contributed by atoms with Crippen molar-refractivity contribution < 1.29 is 23.9 Å². The lowest BCUT2D eigenvalue weighted by molar-refractivity contribution is 0.284. The van der Waals surface area contributed by atoms with Gasteiger partial charge in [-0.05, 0) is 36.2 Å². The Bertz CT molecular complexity index is 631. The number of hydrogen-bond donors (Lipinski definition) is 2. The van der Waals surface area contributed by atoms with Gasteiger partial charge in [0.2, 0.25) is 0 Å². The third kappa shape index (κ3) is 3.74. The summed E-state index contributed by atoms with van der Waals surface area (Å²) in [6.07, 6.45) is 0. The Kier molecular flexibility index (Phi) is 4.83. The molecule has 21 heavy (non-hydrogen) atoms. The predicted octanol–water partition coefficient (Wildman–Crippen LogP) is 1.40. The maximum absolute atomic E-state index is 13.4. The minimum atomic E-state index is -1.85. The summed E-state index contributed by atoms with van der Waals surface area (Å²) >= 11 is 0. The first-order chi connectivity index (χ1) is 10.0. The van der Waals surface area contributed by atoms with Crippen molar-refractivity contribution in [1.82, 2.24) is 0 Å². The van der Waals surface area contributed by atoms with Crippen molar-refractivity contribution in [1.29, 1.82) is 0 Å². The fourth-order valence-corrected chi connectivity index (χ4v) is 1.94. The Morgan fingerprint density at radius 1 is 1.10 bits per heavy atom. The van der Waals surface area contributed by atoms with Crippen molar-refractivity contribution in [2.45, 2.75) is 13.5 Å². The molecule has 2 aromatic rings. The molecule has 0 saturated heterocycles. The van der Waals surface area contributed by atoms with Gasteiger partial charge < -0.3 is 19.5 Å². The average molecular weight is 290 g/mol. The van der Waals surface area contributed by atoms with Crippen molar-refractivity contribution in [3.05, 3.63) is 53.3 Å². The van der Waals surface area contributed by atoms with E-state index in [4.69, 9.17) is 19.5 Å². The SMILES string of the molecule is COc1cc(C)ccc1OCc1ccc(F)c(B(O)O)c1. The van der Waals surface area contributed by atoms with Crippen LogP contribution in [0.25, 0.3) is 0 Å². The van der Waals surface area contributed by atoms with Crippen LogP contribution in [-0.4, -0.2) is 24.3 Å². The molecule has 0 spiro atoms. The van der Waals surface area contributed by atoms with E-state index < -0.39 is 12.9 Å². The monoisotopic (exact) mass is 290 g/mol. The highest BCUT2D eigenvalue weighted by atomic mass is 19.1. The van der Waals surface area contributed by atoms with E-state index in [1.54, 1.807) is 13.2 Å². The summed E-state index contributed by atoms with van der Waals surface area (Å²) in [5.74, 6) is 0.514. The van der Waals surface area contributed by atoms with Gasteiger partial charge in [0.05, 0.1) is 7.11 Å². The van der Waals surface area contributed by atoms with Crippen LogP contribution in [0.15, 0.2) is 36.4 Å². The standard InChI is InChI=1S/C15H16BFO4/c1-10-3-6-14(15(7-10)20-2)21-9-11-4-5-13(17)12(8-11)16(18)19/h3-8,18-19H,9H2,1-2H3. The highest BCUT2D eigenvalue weighted by Crippen LogP contribution is 2.28. The second kappa shape index (κ2) is 6.60. The lowest BCUT2D eigenvalue weighted by Crippen LogP contribution is -2.33. The molecule has 0 aliphatic heterocycles. The predicted molar refractivity (Wildman–Crippen MR) is 78.3 cm³/mol. The van der Waals surface area contributed by atoms with E-state index in [-0.39, 0.29) is 12.1 Å². The van der Waals surface area contributed by atoms with Crippen molar-refractivity contribution in [2.75, 3.05) is 7.11 Å². The summed E-state index contributed by atoms with van der Waals surface area (Å²) < 4.78 is 24.2. The van der Waals surface area contributed by atoms with E-state index in [2.05, 4.69) is 0 Å². The topological polar surface area (TPSA) is 58.9 Å². The normalized spacial score (nSPS) is 10.3. The summed E-state index contributed by atoms with van der Waals surface area (Å²) in [5, 5.41) is 18.2. The van der Waals surface area contributed by atoms with Gasteiger partial charge in [0.25, 0.3) is 0 Å². The quantitative estimate of drug-likeness (QED) is 0.817. The van der Waals surface area contributed by atoms with Crippen LogP contribution in [-0.2, 0) is 6.61 Å². The molecular formula is C15H16BFO4. The lowest BCUT2D eigenvalue weighted by Gasteiger charge is -2.12. The molecule has 0 aromatic heterocycles.